The number of methoxy groups -OCH3 is 1. The lowest BCUT2D eigenvalue weighted by atomic mass is 9.67. The summed E-state index contributed by atoms with van der Waals surface area (Å²) in [5.74, 6) is -0.696. The zero-order chi connectivity index (χ0) is 26.2. The van der Waals surface area contributed by atoms with Crippen molar-refractivity contribution in [3.05, 3.63) is 58.1 Å². The van der Waals surface area contributed by atoms with Crippen LogP contribution >= 0.6 is 11.6 Å². The first-order valence-electron chi connectivity index (χ1n) is 12.8. The molecule has 0 bridgehead atoms. The summed E-state index contributed by atoms with van der Waals surface area (Å²) in [4.78, 5) is 27.2. The second-order valence-electron chi connectivity index (χ2n) is 10.6. The Morgan fingerprint density at radius 3 is 2.49 bits per heavy atom. The number of nitrogens with one attached hydrogen (secondary N) is 1. The molecule has 5 rings (SSSR count). The van der Waals surface area contributed by atoms with Gasteiger partial charge in [0.05, 0.1) is 25.7 Å². The fraction of sp³-hybridized carbons (Fsp3) is 0.500. The molecule has 1 aliphatic heterocycles. The lowest BCUT2D eigenvalue weighted by Crippen LogP contribution is -2.60. The Kier molecular flexibility index (Phi) is 7.30. The van der Waals surface area contributed by atoms with Crippen LogP contribution in [0, 0.1) is 23.0 Å². The molecular formula is C28H31ClF2N2O4. The van der Waals surface area contributed by atoms with Crippen LogP contribution in [0.2, 0.25) is 5.02 Å². The van der Waals surface area contributed by atoms with Gasteiger partial charge in [-0.3, -0.25) is 9.59 Å². The van der Waals surface area contributed by atoms with Gasteiger partial charge in [-0.1, -0.05) is 11.6 Å². The van der Waals surface area contributed by atoms with Gasteiger partial charge in [0.15, 0.2) is 11.6 Å². The highest BCUT2D eigenvalue weighted by Crippen LogP contribution is 2.44. The van der Waals surface area contributed by atoms with E-state index in [-0.39, 0.29) is 51.6 Å². The lowest BCUT2D eigenvalue weighted by Gasteiger charge is -2.53. The maximum Gasteiger partial charge on any atom is 0.256 e. The maximum absolute atomic E-state index is 14.6. The van der Waals surface area contributed by atoms with Gasteiger partial charge in [-0.15, -0.1) is 0 Å². The van der Waals surface area contributed by atoms with Crippen molar-refractivity contribution < 1.29 is 27.8 Å². The Hall–Kier alpha value is -2.87. The molecule has 2 saturated carbocycles. The summed E-state index contributed by atoms with van der Waals surface area (Å²) >= 11 is 6.10. The maximum atomic E-state index is 14.6. The van der Waals surface area contributed by atoms with Crippen LogP contribution in [0.1, 0.15) is 54.4 Å². The topological polar surface area (TPSA) is 67.9 Å². The van der Waals surface area contributed by atoms with Gasteiger partial charge in [0, 0.05) is 41.2 Å². The van der Waals surface area contributed by atoms with Crippen molar-refractivity contribution in [2.45, 2.75) is 51.0 Å². The summed E-state index contributed by atoms with van der Waals surface area (Å²) in [6.45, 7) is 1.75. The van der Waals surface area contributed by atoms with Gasteiger partial charge in [-0.2, -0.15) is 0 Å². The largest absolute Gasteiger partial charge is 0.494 e. The molecule has 0 radical (unpaired) electrons. The van der Waals surface area contributed by atoms with Gasteiger partial charge in [0.25, 0.3) is 5.91 Å². The van der Waals surface area contributed by atoms with E-state index in [1.807, 2.05) is 0 Å². The Balaban J connectivity index is 1.09. The number of amides is 2. The molecule has 1 saturated heterocycles. The van der Waals surface area contributed by atoms with E-state index in [1.54, 1.807) is 11.0 Å². The first kappa shape index (κ1) is 25.8. The van der Waals surface area contributed by atoms with E-state index in [2.05, 4.69) is 5.32 Å². The van der Waals surface area contributed by atoms with Crippen LogP contribution in [0.3, 0.4) is 0 Å². The Morgan fingerprint density at radius 2 is 1.84 bits per heavy atom. The van der Waals surface area contributed by atoms with Crippen molar-refractivity contribution in [3.63, 3.8) is 0 Å². The van der Waals surface area contributed by atoms with Gasteiger partial charge >= 0.3 is 0 Å². The van der Waals surface area contributed by atoms with Crippen LogP contribution in [0.4, 0.5) is 8.78 Å². The number of carbonyl (C=O) groups excluding carboxylic acids is 2. The number of carbonyl (C=O) groups is 2. The molecule has 3 fully saturated rings. The molecule has 1 N–H and O–H groups in total. The zero-order valence-electron chi connectivity index (χ0n) is 20.8. The van der Waals surface area contributed by atoms with Gasteiger partial charge in [0.1, 0.15) is 11.6 Å². The van der Waals surface area contributed by atoms with Crippen LogP contribution in [-0.4, -0.2) is 49.6 Å². The van der Waals surface area contributed by atoms with Crippen LogP contribution < -0.4 is 14.8 Å². The minimum Gasteiger partial charge on any atom is -0.494 e. The monoisotopic (exact) mass is 532 g/mol. The fourth-order valence-corrected chi connectivity index (χ4v) is 5.57. The highest BCUT2D eigenvalue weighted by molar-refractivity contribution is 6.31. The second-order valence-corrected chi connectivity index (χ2v) is 11.0. The fourth-order valence-electron chi connectivity index (χ4n) is 5.36. The molecule has 3 aliphatic rings. The van der Waals surface area contributed by atoms with E-state index >= 15 is 0 Å². The molecule has 2 amide bonds. The number of likely N-dealkylation sites (tertiary alicyclic amines) is 1. The van der Waals surface area contributed by atoms with Crippen LogP contribution in [-0.2, 0) is 11.2 Å². The standard InChI is InChI=1S/C28H31ClF2N2O4/c1-36-24-7-6-22(29)21(26(24)31)13-25(34)32-18-8-10-28(11-9-18)15-33(16-28)27(35)20-5-4-19(12-23(20)30)37-14-17-2-3-17/h4-7,12,17-18H,2-3,8-11,13-16H2,1H3,(H,32,34). The number of nitrogens with zero attached hydrogens (tertiary/aromatic N) is 1. The summed E-state index contributed by atoms with van der Waals surface area (Å²) < 4.78 is 39.7. The summed E-state index contributed by atoms with van der Waals surface area (Å²) in [6, 6.07) is 7.39. The van der Waals surface area contributed by atoms with E-state index in [4.69, 9.17) is 21.1 Å². The smallest absolute Gasteiger partial charge is 0.256 e. The predicted molar refractivity (Wildman–Crippen MR) is 135 cm³/mol. The van der Waals surface area contributed by atoms with Crippen molar-refractivity contribution in [1.29, 1.82) is 0 Å². The first-order valence-corrected chi connectivity index (χ1v) is 13.2. The number of halogens is 3. The molecule has 2 aromatic carbocycles. The van der Waals surface area contributed by atoms with E-state index < -0.39 is 11.6 Å². The van der Waals surface area contributed by atoms with E-state index in [0.717, 1.165) is 38.5 Å². The zero-order valence-corrected chi connectivity index (χ0v) is 21.6. The molecule has 0 unspecified atom stereocenters. The normalized spacial score (nSPS) is 18.9. The molecule has 37 heavy (non-hydrogen) atoms. The third kappa shape index (κ3) is 5.69. The summed E-state index contributed by atoms with van der Waals surface area (Å²) in [5, 5.41) is 3.18. The minimum absolute atomic E-state index is 0.00287. The molecule has 9 heteroatoms. The van der Waals surface area contributed by atoms with Crippen LogP contribution in [0.15, 0.2) is 30.3 Å². The van der Waals surface area contributed by atoms with Gasteiger partial charge in [-0.25, -0.2) is 8.78 Å². The van der Waals surface area contributed by atoms with E-state index in [1.165, 1.54) is 31.4 Å². The predicted octanol–water partition coefficient (Wildman–Crippen LogP) is 5.16. The average molecular weight is 533 g/mol. The molecule has 0 aromatic heterocycles. The molecule has 2 aliphatic carbocycles. The van der Waals surface area contributed by atoms with E-state index in [0.29, 0.717) is 31.4 Å². The van der Waals surface area contributed by atoms with Gasteiger partial charge in [-0.05, 0) is 68.7 Å². The van der Waals surface area contributed by atoms with Gasteiger partial charge < -0.3 is 19.7 Å². The number of benzene rings is 2. The lowest BCUT2D eigenvalue weighted by molar-refractivity contribution is -0.121. The van der Waals surface area contributed by atoms with Crippen LogP contribution in [0.5, 0.6) is 11.5 Å². The quantitative estimate of drug-likeness (QED) is 0.510. The van der Waals surface area contributed by atoms with Crippen molar-refractivity contribution in [3.8, 4) is 11.5 Å². The molecule has 1 heterocycles. The third-order valence-corrected chi connectivity index (χ3v) is 8.17. The number of ether oxygens (including phenoxy) is 2. The minimum atomic E-state index is -0.621. The average Bonchev–Trinajstić information content (AvgIpc) is 3.69. The number of hydrogen-bond acceptors (Lipinski definition) is 4. The summed E-state index contributed by atoms with van der Waals surface area (Å²) in [6.07, 6.45) is 5.38. The van der Waals surface area contributed by atoms with Crippen molar-refractivity contribution >= 4 is 23.4 Å². The Labute approximate surface area is 220 Å². The Morgan fingerprint density at radius 1 is 1.11 bits per heavy atom. The van der Waals surface area contributed by atoms with Crippen molar-refractivity contribution in [2.24, 2.45) is 11.3 Å². The number of hydrogen-bond donors (Lipinski definition) is 1. The molecule has 0 atom stereocenters. The molecule has 2 aromatic rings. The number of rotatable bonds is 8. The highest BCUT2D eigenvalue weighted by atomic mass is 35.5. The Bertz CT molecular complexity index is 1190. The molecule has 198 valence electrons. The molecule has 1 spiro atoms. The van der Waals surface area contributed by atoms with Crippen molar-refractivity contribution in [2.75, 3.05) is 26.8 Å². The first-order chi connectivity index (χ1) is 17.8. The van der Waals surface area contributed by atoms with E-state index in [9.17, 15) is 18.4 Å². The second kappa shape index (κ2) is 10.5. The van der Waals surface area contributed by atoms with Gasteiger partial charge in [0.2, 0.25) is 5.91 Å². The highest BCUT2D eigenvalue weighted by Gasteiger charge is 2.47. The summed E-state index contributed by atoms with van der Waals surface area (Å²) in [5.41, 5.74) is 0.190. The molecular weight excluding hydrogens is 502 g/mol. The molecule has 6 nitrogen and oxygen atoms in total. The SMILES string of the molecule is COc1ccc(Cl)c(CC(=O)NC2CCC3(CC2)CN(C(=O)c2ccc(OCC4CC4)cc2F)C3)c1F. The summed E-state index contributed by atoms with van der Waals surface area (Å²) in [7, 11) is 1.36. The van der Waals surface area contributed by atoms with Crippen LogP contribution in [0.25, 0.3) is 0 Å². The van der Waals surface area contributed by atoms with Crippen molar-refractivity contribution in [1.82, 2.24) is 10.2 Å². The third-order valence-electron chi connectivity index (χ3n) is 7.81.